The van der Waals surface area contributed by atoms with Crippen LogP contribution in [0.15, 0.2) is 24.3 Å². The maximum atomic E-state index is 12.7. The van der Waals surface area contributed by atoms with Crippen LogP contribution in [0.4, 0.5) is 10.5 Å². The number of benzene rings is 2. The molecule has 0 aromatic heterocycles. The first-order chi connectivity index (χ1) is 13.4. The van der Waals surface area contributed by atoms with E-state index < -0.39 is 11.9 Å². The molecule has 0 atom stereocenters. The van der Waals surface area contributed by atoms with Crippen LogP contribution in [0, 0.1) is 0 Å². The topological polar surface area (TPSA) is 95.1 Å². The highest BCUT2D eigenvalue weighted by Gasteiger charge is 2.26. The third-order valence-corrected chi connectivity index (χ3v) is 4.23. The molecular weight excluding hydrogens is 411 g/mol. The minimum Gasteiger partial charge on any atom is -0.494 e. The first-order valence-electron chi connectivity index (χ1n) is 7.81. The van der Waals surface area contributed by atoms with E-state index in [4.69, 9.17) is 42.1 Å². The van der Waals surface area contributed by atoms with Gasteiger partial charge in [-0.2, -0.15) is 0 Å². The summed E-state index contributed by atoms with van der Waals surface area (Å²) in [6.45, 7) is 0. The Bertz CT molecular complexity index is 854. The number of nitrogens with one attached hydrogen (secondary N) is 2. The van der Waals surface area contributed by atoms with Crippen molar-refractivity contribution in [2.75, 3.05) is 33.8 Å². The Morgan fingerprint density at radius 2 is 1.36 bits per heavy atom. The number of imide groups is 1. The SMILES string of the molecule is COc1cccc(OC)c1NC(=O)NC(=O)c1c(OC)c(Cl)cc(Cl)c1OC. The van der Waals surface area contributed by atoms with E-state index in [0.29, 0.717) is 11.5 Å². The first-order valence-corrected chi connectivity index (χ1v) is 8.56. The molecule has 0 saturated heterocycles. The average Bonchev–Trinajstić information content (AvgIpc) is 2.67. The largest absolute Gasteiger partial charge is 0.494 e. The van der Waals surface area contributed by atoms with E-state index >= 15 is 0 Å². The van der Waals surface area contributed by atoms with E-state index in [1.165, 1.54) is 34.5 Å². The molecular formula is C18H18Cl2N2O6. The van der Waals surface area contributed by atoms with Gasteiger partial charge in [0.1, 0.15) is 22.7 Å². The number of amides is 3. The zero-order valence-corrected chi connectivity index (χ0v) is 17.0. The molecule has 0 unspecified atom stereocenters. The number of para-hydroxylation sites is 1. The van der Waals surface area contributed by atoms with Crippen LogP contribution < -0.4 is 29.6 Å². The number of methoxy groups -OCH3 is 4. The molecule has 2 aromatic carbocycles. The summed E-state index contributed by atoms with van der Waals surface area (Å²) in [4.78, 5) is 25.1. The van der Waals surface area contributed by atoms with Gasteiger partial charge < -0.3 is 24.3 Å². The van der Waals surface area contributed by atoms with Crippen molar-refractivity contribution in [3.8, 4) is 23.0 Å². The summed E-state index contributed by atoms with van der Waals surface area (Å²) >= 11 is 12.1. The van der Waals surface area contributed by atoms with Crippen LogP contribution >= 0.6 is 23.2 Å². The van der Waals surface area contributed by atoms with Crippen molar-refractivity contribution in [1.29, 1.82) is 0 Å². The highest BCUT2D eigenvalue weighted by molar-refractivity contribution is 6.37. The van der Waals surface area contributed by atoms with Crippen LogP contribution in [0.2, 0.25) is 10.0 Å². The Balaban J connectivity index is 2.33. The fourth-order valence-electron chi connectivity index (χ4n) is 2.47. The molecule has 0 fully saturated rings. The molecule has 0 bridgehead atoms. The lowest BCUT2D eigenvalue weighted by Gasteiger charge is -2.17. The Morgan fingerprint density at radius 3 is 1.79 bits per heavy atom. The van der Waals surface area contributed by atoms with Crippen molar-refractivity contribution in [2.45, 2.75) is 0 Å². The van der Waals surface area contributed by atoms with Crippen LogP contribution in [0.25, 0.3) is 0 Å². The zero-order valence-electron chi connectivity index (χ0n) is 15.5. The molecule has 3 amide bonds. The summed E-state index contributed by atoms with van der Waals surface area (Å²) in [7, 11) is 5.52. The third kappa shape index (κ3) is 4.35. The quantitative estimate of drug-likeness (QED) is 0.721. The lowest BCUT2D eigenvalue weighted by Crippen LogP contribution is -2.35. The number of anilines is 1. The van der Waals surface area contributed by atoms with E-state index in [0.717, 1.165) is 0 Å². The fourth-order valence-corrected chi connectivity index (χ4v) is 3.09. The minimum absolute atomic E-state index is 0.0167. The standard InChI is InChI=1S/C18H18Cl2N2O6/c1-25-11-6-5-7-12(26-2)14(11)21-18(24)22-17(23)13-15(27-3)9(19)8-10(20)16(13)28-4/h5-8H,1-4H3,(H2,21,22,23,24). The van der Waals surface area contributed by atoms with Gasteiger partial charge in [-0.1, -0.05) is 29.3 Å². The molecule has 2 rings (SSSR count). The van der Waals surface area contributed by atoms with Crippen molar-refractivity contribution in [3.05, 3.63) is 39.9 Å². The number of halogens is 2. The maximum absolute atomic E-state index is 12.7. The molecule has 0 heterocycles. The lowest BCUT2D eigenvalue weighted by atomic mass is 10.1. The van der Waals surface area contributed by atoms with E-state index in [2.05, 4.69) is 10.6 Å². The number of carbonyl (C=O) groups is 2. The van der Waals surface area contributed by atoms with Gasteiger partial charge >= 0.3 is 6.03 Å². The second-order valence-electron chi connectivity index (χ2n) is 5.23. The Morgan fingerprint density at radius 1 is 0.857 bits per heavy atom. The van der Waals surface area contributed by atoms with Gasteiger partial charge in [-0.25, -0.2) is 4.79 Å². The number of rotatable bonds is 6. The van der Waals surface area contributed by atoms with Gasteiger partial charge in [-0.15, -0.1) is 0 Å². The Labute approximate surface area is 171 Å². The van der Waals surface area contributed by atoms with E-state index in [-0.39, 0.29) is 32.8 Å². The first kappa shape index (κ1) is 21.5. The highest BCUT2D eigenvalue weighted by Crippen LogP contribution is 2.41. The van der Waals surface area contributed by atoms with Gasteiger partial charge in [-0.3, -0.25) is 10.1 Å². The molecule has 0 aliphatic rings. The third-order valence-electron chi connectivity index (χ3n) is 3.67. The minimum atomic E-state index is -0.840. The van der Waals surface area contributed by atoms with Crippen LogP contribution in [0.3, 0.4) is 0 Å². The van der Waals surface area contributed by atoms with Crippen LogP contribution in [-0.2, 0) is 0 Å². The molecule has 28 heavy (non-hydrogen) atoms. The molecule has 0 aliphatic carbocycles. The van der Waals surface area contributed by atoms with Crippen molar-refractivity contribution < 1.29 is 28.5 Å². The predicted molar refractivity (Wildman–Crippen MR) is 106 cm³/mol. The summed E-state index contributed by atoms with van der Waals surface area (Å²) < 4.78 is 20.7. The second-order valence-corrected chi connectivity index (χ2v) is 6.04. The average molecular weight is 429 g/mol. The van der Waals surface area contributed by atoms with E-state index in [9.17, 15) is 9.59 Å². The predicted octanol–water partition coefficient (Wildman–Crippen LogP) is 3.99. The van der Waals surface area contributed by atoms with Crippen molar-refractivity contribution in [2.24, 2.45) is 0 Å². The van der Waals surface area contributed by atoms with Gasteiger partial charge in [0.15, 0.2) is 11.5 Å². The summed E-state index contributed by atoms with van der Waals surface area (Å²) in [6, 6.07) is 5.48. The molecule has 0 saturated carbocycles. The fraction of sp³-hybridized carbons (Fsp3) is 0.222. The number of carbonyl (C=O) groups excluding carboxylic acids is 2. The molecule has 0 spiro atoms. The molecule has 2 aromatic rings. The van der Waals surface area contributed by atoms with Crippen molar-refractivity contribution in [3.63, 3.8) is 0 Å². The molecule has 0 radical (unpaired) electrons. The van der Waals surface area contributed by atoms with Crippen LogP contribution in [-0.4, -0.2) is 40.4 Å². The van der Waals surface area contributed by atoms with Crippen LogP contribution in [0.1, 0.15) is 10.4 Å². The lowest BCUT2D eigenvalue weighted by molar-refractivity contribution is 0.0961. The monoisotopic (exact) mass is 428 g/mol. The number of hydrogen-bond donors (Lipinski definition) is 2. The Kier molecular flexibility index (Phi) is 7.19. The number of ether oxygens (including phenoxy) is 4. The van der Waals surface area contributed by atoms with Gasteiger partial charge in [0.25, 0.3) is 5.91 Å². The molecule has 8 nitrogen and oxygen atoms in total. The normalized spacial score (nSPS) is 10.1. The second kappa shape index (κ2) is 9.38. The maximum Gasteiger partial charge on any atom is 0.326 e. The van der Waals surface area contributed by atoms with Gasteiger partial charge in [0.2, 0.25) is 0 Å². The molecule has 10 heteroatoms. The smallest absolute Gasteiger partial charge is 0.326 e. The van der Waals surface area contributed by atoms with Gasteiger partial charge in [0.05, 0.1) is 38.5 Å². The van der Waals surface area contributed by atoms with Crippen molar-refractivity contribution >= 4 is 40.8 Å². The number of urea groups is 1. The number of hydrogen-bond acceptors (Lipinski definition) is 6. The van der Waals surface area contributed by atoms with Crippen molar-refractivity contribution in [1.82, 2.24) is 5.32 Å². The highest BCUT2D eigenvalue weighted by atomic mass is 35.5. The van der Waals surface area contributed by atoms with Gasteiger partial charge in [0, 0.05) is 0 Å². The van der Waals surface area contributed by atoms with E-state index in [1.54, 1.807) is 18.2 Å². The van der Waals surface area contributed by atoms with Crippen LogP contribution in [0.5, 0.6) is 23.0 Å². The summed E-state index contributed by atoms with van der Waals surface area (Å²) in [5.41, 5.74) is 0.130. The van der Waals surface area contributed by atoms with E-state index in [1.807, 2.05) is 0 Å². The summed E-state index contributed by atoms with van der Waals surface area (Å²) in [6.07, 6.45) is 0. The molecule has 2 N–H and O–H groups in total. The van der Waals surface area contributed by atoms with Gasteiger partial charge in [-0.05, 0) is 18.2 Å². The summed E-state index contributed by atoms with van der Waals surface area (Å²) in [5.74, 6) is -0.0959. The Hall–Kier alpha value is -2.84. The zero-order chi connectivity index (χ0) is 20.8. The molecule has 150 valence electrons. The summed E-state index contributed by atoms with van der Waals surface area (Å²) in [5, 5.41) is 4.87. The molecule has 0 aliphatic heterocycles.